The molecule has 0 bridgehead atoms. The van der Waals surface area contributed by atoms with Gasteiger partial charge in [-0.2, -0.15) is 0 Å². The number of aromatic nitrogens is 1. The lowest BCUT2D eigenvalue weighted by Crippen LogP contribution is -2.46. The van der Waals surface area contributed by atoms with Crippen LogP contribution in [0.3, 0.4) is 0 Å². The number of carbonyl (C=O) groups excluding carboxylic acids is 1. The molecule has 2 aliphatic rings. The topological polar surface area (TPSA) is 64.8 Å². The molecule has 0 unspecified atom stereocenters. The Morgan fingerprint density at radius 1 is 1.28 bits per heavy atom. The van der Waals surface area contributed by atoms with Crippen molar-refractivity contribution in [3.63, 3.8) is 0 Å². The predicted octanol–water partition coefficient (Wildman–Crippen LogP) is 2.66. The number of amides is 1. The average molecular weight is 342 g/mol. The number of pyridine rings is 1. The van der Waals surface area contributed by atoms with Gasteiger partial charge in [-0.3, -0.25) is 9.78 Å². The molecule has 2 saturated heterocycles. The van der Waals surface area contributed by atoms with Crippen LogP contribution < -0.4 is 0 Å². The molecule has 0 aliphatic carbocycles. The van der Waals surface area contributed by atoms with E-state index in [4.69, 9.17) is 13.9 Å². The van der Waals surface area contributed by atoms with Gasteiger partial charge < -0.3 is 18.8 Å². The summed E-state index contributed by atoms with van der Waals surface area (Å²) in [5, 5.41) is 0. The molecule has 6 heteroatoms. The molecule has 4 heterocycles. The SMILES string of the molecule is O=C(c1ccco1)N1CCC2(CC1)C[C@H](OCc1ccccn1)CO2. The van der Waals surface area contributed by atoms with Crippen molar-refractivity contribution in [1.82, 2.24) is 9.88 Å². The number of furan rings is 1. The first kappa shape index (κ1) is 16.3. The summed E-state index contributed by atoms with van der Waals surface area (Å²) >= 11 is 0. The van der Waals surface area contributed by atoms with Gasteiger partial charge in [-0.1, -0.05) is 6.07 Å². The van der Waals surface area contributed by atoms with Crippen molar-refractivity contribution in [2.24, 2.45) is 0 Å². The predicted molar refractivity (Wildman–Crippen MR) is 90.0 cm³/mol. The highest BCUT2D eigenvalue weighted by Crippen LogP contribution is 2.37. The third kappa shape index (κ3) is 3.60. The molecule has 0 radical (unpaired) electrons. The van der Waals surface area contributed by atoms with E-state index < -0.39 is 0 Å². The molecule has 4 rings (SSSR count). The fourth-order valence-electron chi connectivity index (χ4n) is 3.62. The average Bonchev–Trinajstić information content (AvgIpc) is 3.32. The van der Waals surface area contributed by atoms with Crippen LogP contribution in [0.5, 0.6) is 0 Å². The van der Waals surface area contributed by atoms with Crippen LogP contribution in [0.15, 0.2) is 47.2 Å². The first-order valence-electron chi connectivity index (χ1n) is 8.72. The van der Waals surface area contributed by atoms with Crippen LogP contribution in [-0.4, -0.2) is 47.2 Å². The second-order valence-corrected chi connectivity index (χ2v) is 6.72. The molecule has 25 heavy (non-hydrogen) atoms. The Bertz CT molecular complexity index is 693. The summed E-state index contributed by atoms with van der Waals surface area (Å²) in [5.41, 5.74) is 0.775. The minimum absolute atomic E-state index is 0.0409. The molecular formula is C19H22N2O4. The van der Waals surface area contributed by atoms with E-state index in [0.717, 1.165) is 25.0 Å². The van der Waals surface area contributed by atoms with E-state index in [2.05, 4.69) is 4.98 Å². The highest BCUT2D eigenvalue weighted by atomic mass is 16.6. The zero-order valence-corrected chi connectivity index (χ0v) is 14.1. The largest absolute Gasteiger partial charge is 0.459 e. The smallest absolute Gasteiger partial charge is 0.289 e. The highest BCUT2D eigenvalue weighted by Gasteiger charge is 2.44. The van der Waals surface area contributed by atoms with Crippen LogP contribution in [0.25, 0.3) is 0 Å². The fourth-order valence-corrected chi connectivity index (χ4v) is 3.62. The van der Waals surface area contributed by atoms with Crippen molar-refractivity contribution in [3.05, 3.63) is 54.2 Å². The van der Waals surface area contributed by atoms with Crippen molar-refractivity contribution in [3.8, 4) is 0 Å². The van der Waals surface area contributed by atoms with Crippen LogP contribution in [0.1, 0.15) is 35.5 Å². The van der Waals surface area contributed by atoms with Gasteiger partial charge in [0.2, 0.25) is 0 Å². The first-order valence-corrected chi connectivity index (χ1v) is 8.72. The summed E-state index contributed by atoms with van der Waals surface area (Å²) in [4.78, 5) is 18.5. The van der Waals surface area contributed by atoms with Crippen molar-refractivity contribution in [2.45, 2.75) is 37.6 Å². The molecule has 0 aromatic carbocycles. The van der Waals surface area contributed by atoms with Crippen molar-refractivity contribution < 1.29 is 18.7 Å². The lowest BCUT2D eigenvalue weighted by atomic mass is 9.88. The standard InChI is InChI=1S/C19H22N2O4/c22-18(17-5-3-11-23-17)21-9-6-19(7-10-21)12-16(14-25-19)24-13-15-4-1-2-8-20-15/h1-5,8,11,16H,6-7,9-10,12-14H2/t16-/m0/s1. The summed E-state index contributed by atoms with van der Waals surface area (Å²) in [6.45, 7) is 2.49. The molecule has 2 aromatic rings. The summed E-state index contributed by atoms with van der Waals surface area (Å²) in [7, 11) is 0. The maximum absolute atomic E-state index is 12.3. The number of nitrogens with zero attached hydrogens (tertiary/aromatic N) is 2. The van der Waals surface area contributed by atoms with Gasteiger partial charge in [0.1, 0.15) is 0 Å². The van der Waals surface area contributed by atoms with E-state index in [1.807, 2.05) is 23.1 Å². The second-order valence-electron chi connectivity index (χ2n) is 6.72. The summed E-state index contributed by atoms with van der Waals surface area (Å²) < 4.78 is 17.3. The van der Waals surface area contributed by atoms with Crippen LogP contribution in [0, 0.1) is 0 Å². The Kier molecular flexibility index (Phi) is 4.55. The third-order valence-electron chi connectivity index (χ3n) is 5.06. The fraction of sp³-hybridized carbons (Fsp3) is 0.474. The highest BCUT2D eigenvalue weighted by molar-refractivity contribution is 5.91. The van der Waals surface area contributed by atoms with Crippen molar-refractivity contribution >= 4 is 5.91 Å². The Balaban J connectivity index is 1.28. The second kappa shape index (κ2) is 6.98. The van der Waals surface area contributed by atoms with Gasteiger partial charge in [-0.15, -0.1) is 0 Å². The molecule has 0 saturated carbocycles. The number of ether oxygens (including phenoxy) is 2. The molecule has 132 valence electrons. The normalized spacial score (nSPS) is 22.4. The third-order valence-corrected chi connectivity index (χ3v) is 5.06. The number of rotatable bonds is 4. The number of hydrogen-bond acceptors (Lipinski definition) is 5. The van der Waals surface area contributed by atoms with Crippen LogP contribution in [-0.2, 0) is 16.1 Å². The molecule has 1 amide bonds. The van der Waals surface area contributed by atoms with Gasteiger partial charge in [-0.05, 0) is 37.1 Å². The Hall–Kier alpha value is -2.18. The minimum atomic E-state index is -0.158. The molecule has 1 spiro atoms. The Labute approximate surface area is 146 Å². The van der Waals surface area contributed by atoms with E-state index in [-0.39, 0.29) is 17.6 Å². The number of likely N-dealkylation sites (tertiary alicyclic amines) is 1. The van der Waals surface area contributed by atoms with Gasteiger partial charge in [0, 0.05) is 25.7 Å². The number of piperidine rings is 1. The summed E-state index contributed by atoms with van der Waals surface area (Å²) in [5.74, 6) is 0.362. The zero-order chi connectivity index (χ0) is 17.1. The molecular weight excluding hydrogens is 320 g/mol. The van der Waals surface area contributed by atoms with Gasteiger partial charge >= 0.3 is 0 Å². The maximum Gasteiger partial charge on any atom is 0.289 e. The monoisotopic (exact) mass is 342 g/mol. The van der Waals surface area contributed by atoms with E-state index in [1.54, 1.807) is 18.3 Å². The lowest BCUT2D eigenvalue weighted by Gasteiger charge is -2.38. The summed E-state index contributed by atoms with van der Waals surface area (Å²) in [6, 6.07) is 9.27. The van der Waals surface area contributed by atoms with Crippen LogP contribution >= 0.6 is 0 Å². The Morgan fingerprint density at radius 2 is 2.16 bits per heavy atom. The molecule has 2 aliphatic heterocycles. The first-order chi connectivity index (χ1) is 12.2. The number of hydrogen-bond donors (Lipinski definition) is 0. The molecule has 6 nitrogen and oxygen atoms in total. The molecule has 1 atom stereocenters. The van der Waals surface area contributed by atoms with Gasteiger partial charge in [0.25, 0.3) is 5.91 Å². The van der Waals surface area contributed by atoms with E-state index >= 15 is 0 Å². The van der Waals surface area contributed by atoms with Gasteiger partial charge in [0.05, 0.1) is 36.9 Å². The molecule has 2 fully saturated rings. The van der Waals surface area contributed by atoms with Crippen molar-refractivity contribution in [2.75, 3.05) is 19.7 Å². The quantitative estimate of drug-likeness (QED) is 0.855. The van der Waals surface area contributed by atoms with E-state index in [9.17, 15) is 4.79 Å². The zero-order valence-electron chi connectivity index (χ0n) is 14.1. The van der Waals surface area contributed by atoms with E-state index in [1.165, 1.54) is 6.26 Å². The van der Waals surface area contributed by atoms with Gasteiger partial charge in [0.15, 0.2) is 5.76 Å². The maximum atomic E-state index is 12.3. The van der Waals surface area contributed by atoms with Crippen LogP contribution in [0.4, 0.5) is 0 Å². The lowest BCUT2D eigenvalue weighted by molar-refractivity contribution is -0.0416. The van der Waals surface area contributed by atoms with Crippen LogP contribution in [0.2, 0.25) is 0 Å². The number of carbonyl (C=O) groups is 1. The summed E-state index contributed by atoms with van der Waals surface area (Å²) in [6.07, 6.45) is 5.95. The molecule has 2 aromatic heterocycles. The molecule has 0 N–H and O–H groups in total. The Morgan fingerprint density at radius 3 is 2.88 bits per heavy atom. The van der Waals surface area contributed by atoms with Crippen molar-refractivity contribution in [1.29, 1.82) is 0 Å². The minimum Gasteiger partial charge on any atom is -0.459 e. The van der Waals surface area contributed by atoms with Gasteiger partial charge in [-0.25, -0.2) is 0 Å². The van der Waals surface area contributed by atoms with E-state index in [0.29, 0.717) is 32.1 Å².